The Labute approximate surface area is 136 Å². The number of hydrogen-bond donors (Lipinski definition) is 1. The van der Waals surface area contributed by atoms with E-state index in [9.17, 15) is 9.00 Å². The molecule has 0 bridgehead atoms. The van der Waals surface area contributed by atoms with Crippen LogP contribution in [0.3, 0.4) is 0 Å². The second kappa shape index (κ2) is 8.10. The number of amides is 1. The lowest BCUT2D eigenvalue weighted by atomic mass is 10.2. The van der Waals surface area contributed by atoms with Crippen LogP contribution in [0.5, 0.6) is 0 Å². The van der Waals surface area contributed by atoms with E-state index in [1.54, 1.807) is 18.4 Å². The Morgan fingerprint density at radius 3 is 2.77 bits per heavy atom. The van der Waals surface area contributed by atoms with Crippen molar-refractivity contribution in [3.05, 3.63) is 41.2 Å². The number of benzene rings is 1. The molecule has 7 heteroatoms. The zero-order valence-electron chi connectivity index (χ0n) is 12.2. The highest BCUT2D eigenvalue weighted by atomic mass is 35.5. The van der Waals surface area contributed by atoms with Crippen molar-refractivity contribution in [2.24, 2.45) is 0 Å². The number of carbonyl (C=O) groups excluding carboxylic acids is 1. The van der Waals surface area contributed by atoms with Crippen LogP contribution in [0, 0.1) is 0 Å². The predicted octanol–water partition coefficient (Wildman–Crippen LogP) is 2.42. The van der Waals surface area contributed by atoms with Crippen LogP contribution in [0.2, 0.25) is 5.02 Å². The third kappa shape index (κ3) is 5.27. The van der Waals surface area contributed by atoms with Crippen molar-refractivity contribution < 1.29 is 13.4 Å². The molecule has 1 N–H and O–H groups in total. The molecule has 5 nitrogen and oxygen atoms in total. The van der Waals surface area contributed by atoms with Gasteiger partial charge in [0.05, 0.1) is 12.1 Å². The van der Waals surface area contributed by atoms with Gasteiger partial charge in [0.25, 0.3) is 0 Å². The maximum Gasteiger partial charge on any atom is 0.226 e. The second-order valence-corrected chi connectivity index (χ2v) is 6.80. The topological polar surface area (TPSA) is 72.2 Å². The molecule has 0 aliphatic rings. The molecular formula is C15H17ClN2O3S. The van der Waals surface area contributed by atoms with Crippen LogP contribution in [0.15, 0.2) is 34.9 Å². The van der Waals surface area contributed by atoms with Gasteiger partial charge in [0.2, 0.25) is 11.8 Å². The fourth-order valence-electron chi connectivity index (χ4n) is 1.84. The fraction of sp³-hybridized carbons (Fsp3) is 0.333. The highest BCUT2D eigenvalue weighted by Gasteiger charge is 2.10. The van der Waals surface area contributed by atoms with Gasteiger partial charge in [0.15, 0.2) is 0 Å². The summed E-state index contributed by atoms with van der Waals surface area (Å²) in [6.45, 7) is 0.514. The minimum absolute atomic E-state index is 0.127. The Kier molecular flexibility index (Phi) is 6.15. The van der Waals surface area contributed by atoms with Gasteiger partial charge in [-0.15, -0.1) is 0 Å². The SMILES string of the molecule is C[S@](=O)CCCNC(=O)Cc1coc(-c2ccc(Cl)cc2)n1. The maximum absolute atomic E-state index is 11.8. The summed E-state index contributed by atoms with van der Waals surface area (Å²) in [6.07, 6.45) is 3.98. The lowest BCUT2D eigenvalue weighted by Crippen LogP contribution is -2.27. The summed E-state index contributed by atoms with van der Waals surface area (Å²) in [5.41, 5.74) is 1.38. The van der Waals surface area contributed by atoms with Crippen molar-refractivity contribution in [3.63, 3.8) is 0 Å². The van der Waals surface area contributed by atoms with E-state index in [2.05, 4.69) is 10.3 Å². The molecule has 1 aromatic carbocycles. The van der Waals surface area contributed by atoms with E-state index < -0.39 is 10.8 Å². The first-order valence-corrected chi connectivity index (χ1v) is 8.92. The smallest absolute Gasteiger partial charge is 0.226 e. The van der Waals surface area contributed by atoms with Crippen molar-refractivity contribution in [2.75, 3.05) is 18.6 Å². The number of oxazole rings is 1. The number of aromatic nitrogens is 1. The van der Waals surface area contributed by atoms with Crippen LogP contribution in [-0.4, -0.2) is 33.7 Å². The zero-order chi connectivity index (χ0) is 15.9. The molecule has 0 spiro atoms. The first kappa shape index (κ1) is 16.7. The summed E-state index contributed by atoms with van der Waals surface area (Å²) in [4.78, 5) is 16.0. The van der Waals surface area contributed by atoms with E-state index in [0.29, 0.717) is 35.3 Å². The number of nitrogens with one attached hydrogen (secondary N) is 1. The lowest BCUT2D eigenvalue weighted by Gasteiger charge is -2.02. The Balaban J connectivity index is 1.85. The number of rotatable bonds is 7. The molecule has 0 aliphatic heterocycles. The van der Waals surface area contributed by atoms with Gasteiger partial charge < -0.3 is 9.73 Å². The molecule has 1 heterocycles. The van der Waals surface area contributed by atoms with Gasteiger partial charge in [-0.05, 0) is 30.7 Å². The molecule has 0 saturated carbocycles. The molecule has 1 aromatic heterocycles. The van der Waals surface area contributed by atoms with Crippen LogP contribution in [0.4, 0.5) is 0 Å². The molecule has 118 valence electrons. The summed E-state index contributed by atoms with van der Waals surface area (Å²) < 4.78 is 16.3. The predicted molar refractivity (Wildman–Crippen MR) is 87.2 cm³/mol. The number of halogens is 1. The summed E-state index contributed by atoms with van der Waals surface area (Å²) in [7, 11) is -0.826. The van der Waals surface area contributed by atoms with Crippen molar-refractivity contribution in [2.45, 2.75) is 12.8 Å². The Morgan fingerprint density at radius 2 is 2.09 bits per heavy atom. The first-order chi connectivity index (χ1) is 10.5. The molecular weight excluding hydrogens is 324 g/mol. The number of carbonyl (C=O) groups is 1. The Bertz CT molecular complexity index is 655. The largest absolute Gasteiger partial charge is 0.444 e. The van der Waals surface area contributed by atoms with Crippen molar-refractivity contribution in [3.8, 4) is 11.5 Å². The number of hydrogen-bond acceptors (Lipinski definition) is 4. The first-order valence-electron chi connectivity index (χ1n) is 6.81. The van der Waals surface area contributed by atoms with Crippen LogP contribution in [-0.2, 0) is 22.0 Å². The van der Waals surface area contributed by atoms with Gasteiger partial charge in [-0.2, -0.15) is 0 Å². The van der Waals surface area contributed by atoms with Crippen molar-refractivity contribution in [1.82, 2.24) is 10.3 Å². The molecule has 0 aliphatic carbocycles. The van der Waals surface area contributed by atoms with Crippen molar-refractivity contribution >= 4 is 28.3 Å². The highest BCUT2D eigenvalue weighted by molar-refractivity contribution is 7.84. The average molecular weight is 341 g/mol. The van der Waals surface area contributed by atoms with Crippen LogP contribution < -0.4 is 5.32 Å². The summed E-state index contributed by atoms with van der Waals surface area (Å²) in [6, 6.07) is 7.13. The standard InChI is InChI=1S/C15H17ClN2O3S/c1-22(20)8-2-7-17-14(19)9-13-10-21-15(18-13)11-3-5-12(16)6-4-11/h3-6,10H,2,7-9H2,1H3,(H,17,19)/t22-/m0/s1. The molecule has 0 saturated heterocycles. The second-order valence-electron chi connectivity index (χ2n) is 4.81. The van der Waals surface area contributed by atoms with Gasteiger partial charge in [0.1, 0.15) is 6.26 Å². The third-order valence-electron chi connectivity index (χ3n) is 2.92. The Hall–Kier alpha value is -1.66. The summed E-state index contributed by atoms with van der Waals surface area (Å²) >= 11 is 5.83. The van der Waals surface area contributed by atoms with E-state index in [1.807, 2.05) is 12.1 Å². The van der Waals surface area contributed by atoms with Crippen LogP contribution in [0.25, 0.3) is 11.5 Å². The highest BCUT2D eigenvalue weighted by Crippen LogP contribution is 2.20. The van der Waals surface area contributed by atoms with E-state index in [4.69, 9.17) is 16.0 Å². The molecule has 0 radical (unpaired) electrons. The summed E-state index contributed by atoms with van der Waals surface area (Å²) in [5, 5.41) is 3.41. The maximum atomic E-state index is 11.8. The van der Waals surface area contributed by atoms with Crippen LogP contribution >= 0.6 is 11.6 Å². The normalized spacial score (nSPS) is 12.1. The minimum Gasteiger partial charge on any atom is -0.444 e. The molecule has 1 atom stereocenters. The minimum atomic E-state index is -0.826. The fourth-order valence-corrected chi connectivity index (χ4v) is 2.52. The quantitative estimate of drug-likeness (QED) is 0.786. The van der Waals surface area contributed by atoms with Gasteiger partial charge in [-0.3, -0.25) is 9.00 Å². The van der Waals surface area contributed by atoms with Gasteiger partial charge in [-0.25, -0.2) is 4.98 Å². The third-order valence-corrected chi connectivity index (χ3v) is 4.03. The molecule has 22 heavy (non-hydrogen) atoms. The lowest BCUT2D eigenvalue weighted by molar-refractivity contribution is -0.120. The van der Waals surface area contributed by atoms with E-state index in [0.717, 1.165) is 5.56 Å². The van der Waals surface area contributed by atoms with Gasteiger partial charge in [-0.1, -0.05) is 11.6 Å². The van der Waals surface area contributed by atoms with Crippen molar-refractivity contribution in [1.29, 1.82) is 0 Å². The zero-order valence-corrected chi connectivity index (χ0v) is 13.7. The molecule has 0 fully saturated rings. The van der Waals surface area contributed by atoms with Crippen LogP contribution in [0.1, 0.15) is 12.1 Å². The van der Waals surface area contributed by atoms with Gasteiger partial charge in [0, 0.05) is 39.9 Å². The molecule has 0 unspecified atom stereocenters. The molecule has 2 aromatic rings. The van der Waals surface area contributed by atoms with E-state index >= 15 is 0 Å². The van der Waals surface area contributed by atoms with E-state index in [-0.39, 0.29) is 12.3 Å². The monoisotopic (exact) mass is 340 g/mol. The van der Waals surface area contributed by atoms with E-state index in [1.165, 1.54) is 6.26 Å². The summed E-state index contributed by atoms with van der Waals surface area (Å²) in [5.74, 6) is 0.920. The molecule has 2 rings (SSSR count). The van der Waals surface area contributed by atoms with Gasteiger partial charge >= 0.3 is 0 Å². The Morgan fingerprint density at radius 1 is 1.36 bits per heavy atom. The number of nitrogens with zero attached hydrogens (tertiary/aromatic N) is 1. The average Bonchev–Trinajstić information content (AvgIpc) is 2.92. The molecule has 1 amide bonds.